The lowest BCUT2D eigenvalue weighted by atomic mass is 10.1. The number of hydrogen-bond donors (Lipinski definition) is 0. The zero-order valence-electron chi connectivity index (χ0n) is 14.8. The van der Waals surface area contributed by atoms with E-state index in [2.05, 4.69) is 32.8 Å². The lowest BCUT2D eigenvalue weighted by Crippen LogP contribution is -2.47. The Balaban J connectivity index is 1.58. The maximum absolute atomic E-state index is 11.7. The highest BCUT2D eigenvalue weighted by Crippen LogP contribution is 2.22. The van der Waals surface area contributed by atoms with Crippen molar-refractivity contribution in [2.75, 3.05) is 37.7 Å². The smallest absolute Gasteiger partial charge is 0.339 e. The van der Waals surface area contributed by atoms with E-state index in [1.165, 1.54) is 5.56 Å². The molecule has 0 radical (unpaired) electrons. The first kappa shape index (κ1) is 17.4. The summed E-state index contributed by atoms with van der Waals surface area (Å²) in [5.74, 6) is 0.582. The van der Waals surface area contributed by atoms with Crippen LogP contribution >= 0.6 is 0 Å². The van der Waals surface area contributed by atoms with Gasteiger partial charge in [0.15, 0.2) is 0 Å². The molecule has 1 unspecified atom stereocenters. The van der Waals surface area contributed by atoms with E-state index < -0.39 is 0 Å². The van der Waals surface area contributed by atoms with Crippen molar-refractivity contribution in [2.45, 2.75) is 19.9 Å². The van der Waals surface area contributed by atoms with Crippen molar-refractivity contribution < 1.29 is 9.53 Å². The van der Waals surface area contributed by atoms with Crippen LogP contribution in [0.3, 0.4) is 0 Å². The topological polar surface area (TPSA) is 58.6 Å². The van der Waals surface area contributed by atoms with Crippen molar-refractivity contribution in [2.24, 2.45) is 0 Å². The van der Waals surface area contributed by atoms with Gasteiger partial charge >= 0.3 is 5.97 Å². The van der Waals surface area contributed by atoms with Crippen LogP contribution in [0.1, 0.15) is 35.8 Å². The number of esters is 1. The van der Waals surface area contributed by atoms with Crippen LogP contribution in [0.15, 0.2) is 42.9 Å². The molecule has 1 atom stereocenters. The molecule has 132 valence electrons. The van der Waals surface area contributed by atoms with Crippen LogP contribution < -0.4 is 4.90 Å². The molecule has 0 amide bonds. The predicted octanol–water partition coefficient (Wildman–Crippen LogP) is 2.54. The first-order valence-corrected chi connectivity index (χ1v) is 8.71. The normalized spacial score (nSPS) is 16.5. The molecule has 0 aromatic carbocycles. The van der Waals surface area contributed by atoms with Gasteiger partial charge in [0.05, 0.1) is 12.2 Å². The molecule has 6 heteroatoms. The minimum Gasteiger partial charge on any atom is -0.462 e. The number of pyridine rings is 2. The van der Waals surface area contributed by atoms with Gasteiger partial charge in [0.2, 0.25) is 0 Å². The molecule has 0 spiro atoms. The molecule has 0 bridgehead atoms. The molecule has 0 N–H and O–H groups in total. The summed E-state index contributed by atoms with van der Waals surface area (Å²) in [7, 11) is 0. The van der Waals surface area contributed by atoms with Gasteiger partial charge in [-0.1, -0.05) is 6.07 Å². The predicted molar refractivity (Wildman–Crippen MR) is 96.6 cm³/mol. The van der Waals surface area contributed by atoms with Crippen LogP contribution in [-0.2, 0) is 4.74 Å². The van der Waals surface area contributed by atoms with Crippen LogP contribution in [0.25, 0.3) is 0 Å². The van der Waals surface area contributed by atoms with Crippen LogP contribution in [-0.4, -0.2) is 53.6 Å². The standard InChI is InChI=1S/C19H24N4O2/c1-3-25-19(24)17-6-7-18(21-14-17)23-11-9-22(10-12-23)15(2)16-5-4-8-20-13-16/h4-8,13-15H,3,9-12H2,1-2H3. The zero-order valence-corrected chi connectivity index (χ0v) is 14.8. The molecule has 1 aliphatic rings. The molecule has 1 fully saturated rings. The third-order valence-electron chi connectivity index (χ3n) is 4.61. The van der Waals surface area contributed by atoms with Crippen molar-refractivity contribution in [3.63, 3.8) is 0 Å². The molecule has 25 heavy (non-hydrogen) atoms. The average molecular weight is 340 g/mol. The van der Waals surface area contributed by atoms with Gasteiger partial charge in [0.25, 0.3) is 0 Å². The molecular formula is C19H24N4O2. The van der Waals surface area contributed by atoms with Crippen molar-refractivity contribution in [3.8, 4) is 0 Å². The van der Waals surface area contributed by atoms with Gasteiger partial charge in [-0.25, -0.2) is 9.78 Å². The maximum Gasteiger partial charge on any atom is 0.339 e. The van der Waals surface area contributed by atoms with Crippen LogP contribution in [0, 0.1) is 0 Å². The molecule has 2 aromatic rings. The van der Waals surface area contributed by atoms with Crippen LogP contribution in [0.5, 0.6) is 0 Å². The van der Waals surface area contributed by atoms with E-state index in [0.29, 0.717) is 18.2 Å². The lowest BCUT2D eigenvalue weighted by Gasteiger charge is -2.38. The van der Waals surface area contributed by atoms with Crippen LogP contribution in [0.4, 0.5) is 5.82 Å². The third-order valence-corrected chi connectivity index (χ3v) is 4.61. The van der Waals surface area contributed by atoms with Crippen LogP contribution in [0.2, 0.25) is 0 Å². The van der Waals surface area contributed by atoms with E-state index in [4.69, 9.17) is 4.74 Å². The van der Waals surface area contributed by atoms with E-state index in [9.17, 15) is 4.79 Å². The second-order valence-corrected chi connectivity index (χ2v) is 6.11. The molecule has 1 aliphatic heterocycles. The summed E-state index contributed by atoms with van der Waals surface area (Å²) in [4.78, 5) is 25.1. The van der Waals surface area contributed by atoms with Gasteiger partial charge < -0.3 is 9.64 Å². The summed E-state index contributed by atoms with van der Waals surface area (Å²) < 4.78 is 4.99. The maximum atomic E-state index is 11.7. The minimum absolute atomic E-state index is 0.323. The SMILES string of the molecule is CCOC(=O)c1ccc(N2CCN(C(C)c3cccnc3)CC2)nc1. The largest absolute Gasteiger partial charge is 0.462 e. The number of aromatic nitrogens is 2. The first-order chi connectivity index (χ1) is 12.2. The van der Waals surface area contributed by atoms with Gasteiger partial charge in [-0.05, 0) is 37.6 Å². The highest BCUT2D eigenvalue weighted by Gasteiger charge is 2.23. The van der Waals surface area contributed by atoms with Gasteiger partial charge in [0.1, 0.15) is 5.82 Å². The fraction of sp³-hybridized carbons (Fsp3) is 0.421. The summed E-state index contributed by atoms with van der Waals surface area (Å²) >= 11 is 0. The Bertz CT molecular complexity index is 682. The minimum atomic E-state index is -0.323. The third kappa shape index (κ3) is 4.14. The molecule has 1 saturated heterocycles. The summed E-state index contributed by atoms with van der Waals surface area (Å²) in [6.45, 7) is 8.16. The van der Waals surface area contributed by atoms with E-state index in [1.54, 1.807) is 25.4 Å². The molecule has 0 aliphatic carbocycles. The molecule has 3 heterocycles. The van der Waals surface area contributed by atoms with Gasteiger partial charge in [-0.3, -0.25) is 9.88 Å². The number of carbonyl (C=O) groups is 1. The Kier molecular flexibility index (Phi) is 5.60. The Morgan fingerprint density at radius 1 is 1.20 bits per heavy atom. The van der Waals surface area contributed by atoms with E-state index >= 15 is 0 Å². The van der Waals surface area contributed by atoms with E-state index in [-0.39, 0.29) is 5.97 Å². The number of piperazine rings is 1. The van der Waals surface area contributed by atoms with Gasteiger partial charge in [-0.2, -0.15) is 0 Å². The summed E-state index contributed by atoms with van der Waals surface area (Å²) in [5.41, 5.74) is 1.74. The van der Waals surface area contributed by atoms with Crippen molar-refractivity contribution in [3.05, 3.63) is 54.0 Å². The number of nitrogens with zero attached hydrogens (tertiary/aromatic N) is 4. The highest BCUT2D eigenvalue weighted by molar-refractivity contribution is 5.89. The number of carbonyl (C=O) groups excluding carboxylic acids is 1. The van der Waals surface area contributed by atoms with Crippen molar-refractivity contribution >= 4 is 11.8 Å². The number of anilines is 1. The first-order valence-electron chi connectivity index (χ1n) is 8.71. The Labute approximate surface area is 148 Å². The highest BCUT2D eigenvalue weighted by atomic mass is 16.5. The molecule has 2 aromatic heterocycles. The molecule has 6 nitrogen and oxygen atoms in total. The number of ether oxygens (including phenoxy) is 1. The molecular weight excluding hydrogens is 316 g/mol. The number of rotatable bonds is 5. The second-order valence-electron chi connectivity index (χ2n) is 6.11. The molecule has 0 saturated carbocycles. The Hall–Kier alpha value is -2.47. The quantitative estimate of drug-likeness (QED) is 0.780. The average Bonchev–Trinajstić information content (AvgIpc) is 2.68. The van der Waals surface area contributed by atoms with Gasteiger partial charge in [0, 0.05) is 50.8 Å². The zero-order chi connectivity index (χ0) is 17.6. The summed E-state index contributed by atoms with van der Waals surface area (Å²) in [6, 6.07) is 8.14. The number of hydrogen-bond acceptors (Lipinski definition) is 6. The lowest BCUT2D eigenvalue weighted by molar-refractivity contribution is 0.0526. The monoisotopic (exact) mass is 340 g/mol. The van der Waals surface area contributed by atoms with Gasteiger partial charge in [-0.15, -0.1) is 0 Å². The fourth-order valence-electron chi connectivity index (χ4n) is 3.08. The van der Waals surface area contributed by atoms with Crippen molar-refractivity contribution in [1.82, 2.24) is 14.9 Å². The summed E-state index contributed by atoms with van der Waals surface area (Å²) in [6.07, 6.45) is 5.34. The summed E-state index contributed by atoms with van der Waals surface area (Å²) in [5, 5.41) is 0. The molecule has 3 rings (SSSR count). The van der Waals surface area contributed by atoms with E-state index in [1.807, 2.05) is 18.3 Å². The van der Waals surface area contributed by atoms with Crippen molar-refractivity contribution in [1.29, 1.82) is 0 Å². The van der Waals surface area contributed by atoms with E-state index in [0.717, 1.165) is 32.0 Å². The Morgan fingerprint density at radius 2 is 2.00 bits per heavy atom. The second kappa shape index (κ2) is 8.07. The fourth-order valence-corrected chi connectivity index (χ4v) is 3.08. The Morgan fingerprint density at radius 3 is 2.60 bits per heavy atom.